The predicted molar refractivity (Wildman–Crippen MR) is 127 cm³/mol. The fourth-order valence-corrected chi connectivity index (χ4v) is 5.37. The van der Waals surface area contributed by atoms with Crippen LogP contribution in [0.4, 0.5) is 9.52 Å². The first-order valence-corrected chi connectivity index (χ1v) is 11.8. The van der Waals surface area contributed by atoms with E-state index in [1.54, 1.807) is 23.2 Å². The zero-order valence-corrected chi connectivity index (χ0v) is 19.1. The lowest BCUT2D eigenvalue weighted by Crippen LogP contribution is -2.30. The summed E-state index contributed by atoms with van der Waals surface area (Å²) in [5.74, 6) is 0.273. The number of nitrogens with zero attached hydrogens (tertiary/aromatic N) is 3. The zero-order valence-electron chi connectivity index (χ0n) is 16.7. The van der Waals surface area contributed by atoms with Crippen molar-refractivity contribution in [2.75, 3.05) is 10.7 Å². The minimum absolute atomic E-state index is 0.0388. The number of amides is 1. The van der Waals surface area contributed by atoms with E-state index in [1.807, 2.05) is 37.3 Å². The third-order valence-corrected chi connectivity index (χ3v) is 6.87. The second-order valence-corrected chi connectivity index (χ2v) is 9.53. The molecule has 0 saturated carbocycles. The molecule has 2 heterocycles. The Morgan fingerprint density at radius 1 is 1.19 bits per heavy atom. The highest BCUT2D eigenvalue weighted by Crippen LogP contribution is 2.34. The van der Waals surface area contributed by atoms with Crippen molar-refractivity contribution in [1.82, 2.24) is 9.97 Å². The van der Waals surface area contributed by atoms with E-state index in [-0.39, 0.29) is 11.7 Å². The van der Waals surface area contributed by atoms with Gasteiger partial charge in [0, 0.05) is 28.3 Å². The molecule has 158 valence electrons. The van der Waals surface area contributed by atoms with Gasteiger partial charge in [-0.2, -0.15) is 0 Å². The van der Waals surface area contributed by atoms with E-state index in [9.17, 15) is 9.18 Å². The molecule has 4 nitrogen and oxygen atoms in total. The van der Waals surface area contributed by atoms with Crippen molar-refractivity contribution in [3.05, 3.63) is 82.9 Å². The summed E-state index contributed by atoms with van der Waals surface area (Å²) in [4.78, 5) is 24.9. The van der Waals surface area contributed by atoms with Gasteiger partial charge in [-0.1, -0.05) is 29.0 Å². The van der Waals surface area contributed by atoms with E-state index in [0.29, 0.717) is 28.9 Å². The Morgan fingerprint density at radius 2 is 2.00 bits per heavy atom. The molecule has 0 atom stereocenters. The van der Waals surface area contributed by atoms with Gasteiger partial charge in [0.25, 0.3) is 0 Å². The topological polar surface area (TPSA) is 46.1 Å². The summed E-state index contributed by atoms with van der Waals surface area (Å²) >= 11 is 9.17. The monoisotopic (exact) mass is 471 g/mol. The standard InChI is InChI=1S/C23H19ClFN3OS2/c1-15-12-16(24)13-20-22(15)27-23(31-20)28(14-18-4-2-3-10-26-18)21(29)9-11-30-19-7-5-17(25)6-8-19/h2-8,10,12-13H,9,11,14H2,1H3. The second-order valence-electron chi connectivity index (χ2n) is 6.92. The Morgan fingerprint density at radius 3 is 2.74 bits per heavy atom. The van der Waals surface area contributed by atoms with Crippen molar-refractivity contribution >= 4 is 56.0 Å². The van der Waals surface area contributed by atoms with Crippen LogP contribution in [0, 0.1) is 12.7 Å². The highest BCUT2D eigenvalue weighted by Gasteiger charge is 2.21. The zero-order chi connectivity index (χ0) is 21.8. The summed E-state index contributed by atoms with van der Waals surface area (Å²) < 4.78 is 14.0. The minimum Gasteiger partial charge on any atom is -0.282 e. The molecular formula is C23H19ClFN3OS2. The first-order valence-electron chi connectivity index (χ1n) is 9.65. The van der Waals surface area contributed by atoms with E-state index < -0.39 is 0 Å². The average Bonchev–Trinajstić information content (AvgIpc) is 3.18. The van der Waals surface area contributed by atoms with Gasteiger partial charge < -0.3 is 0 Å². The molecule has 0 bridgehead atoms. The Kier molecular flexibility index (Phi) is 6.85. The van der Waals surface area contributed by atoms with Crippen molar-refractivity contribution < 1.29 is 9.18 Å². The molecule has 0 radical (unpaired) electrons. The maximum Gasteiger partial charge on any atom is 0.229 e. The predicted octanol–water partition coefficient (Wildman–Crippen LogP) is 6.51. The van der Waals surface area contributed by atoms with Crippen LogP contribution in [-0.4, -0.2) is 21.6 Å². The van der Waals surface area contributed by atoms with Crippen LogP contribution >= 0.6 is 34.7 Å². The lowest BCUT2D eigenvalue weighted by atomic mass is 10.2. The number of thioether (sulfide) groups is 1. The number of rotatable bonds is 7. The smallest absolute Gasteiger partial charge is 0.229 e. The fourth-order valence-electron chi connectivity index (χ4n) is 3.10. The van der Waals surface area contributed by atoms with E-state index in [0.717, 1.165) is 26.4 Å². The lowest BCUT2D eigenvalue weighted by Gasteiger charge is -2.19. The molecule has 0 saturated heterocycles. The molecule has 8 heteroatoms. The average molecular weight is 472 g/mol. The second kappa shape index (κ2) is 9.77. The summed E-state index contributed by atoms with van der Waals surface area (Å²) in [5.41, 5.74) is 2.61. The Balaban J connectivity index is 1.55. The Hall–Kier alpha value is -2.48. The van der Waals surface area contributed by atoms with Crippen LogP contribution in [0.15, 0.2) is 65.7 Å². The van der Waals surface area contributed by atoms with Gasteiger partial charge >= 0.3 is 0 Å². The van der Waals surface area contributed by atoms with Crippen molar-refractivity contribution in [3.63, 3.8) is 0 Å². The molecule has 0 N–H and O–H groups in total. The van der Waals surface area contributed by atoms with Crippen LogP contribution < -0.4 is 4.90 Å². The molecule has 0 fully saturated rings. The summed E-state index contributed by atoms with van der Waals surface area (Å²) in [6, 6.07) is 15.7. The van der Waals surface area contributed by atoms with Crippen LogP contribution in [0.3, 0.4) is 0 Å². The summed E-state index contributed by atoms with van der Waals surface area (Å²) in [5, 5.41) is 1.28. The molecule has 4 rings (SSSR count). The lowest BCUT2D eigenvalue weighted by molar-refractivity contribution is -0.118. The molecule has 1 amide bonds. The SMILES string of the molecule is Cc1cc(Cl)cc2sc(N(Cc3ccccn3)C(=O)CCSc3ccc(F)cc3)nc12. The van der Waals surface area contributed by atoms with Crippen molar-refractivity contribution in [3.8, 4) is 0 Å². The maximum atomic E-state index is 13.2. The van der Waals surface area contributed by atoms with Crippen molar-refractivity contribution in [1.29, 1.82) is 0 Å². The van der Waals surface area contributed by atoms with Gasteiger partial charge in [0.1, 0.15) is 5.82 Å². The normalized spacial score (nSPS) is 11.1. The fraction of sp³-hybridized carbons (Fsp3) is 0.174. The van der Waals surface area contributed by atoms with Crippen LogP contribution in [0.2, 0.25) is 5.02 Å². The third-order valence-electron chi connectivity index (χ3n) is 4.62. The number of benzene rings is 2. The van der Waals surface area contributed by atoms with Crippen LogP contribution in [-0.2, 0) is 11.3 Å². The highest BCUT2D eigenvalue weighted by atomic mass is 35.5. The van der Waals surface area contributed by atoms with Gasteiger partial charge in [0.15, 0.2) is 5.13 Å². The van der Waals surface area contributed by atoms with Crippen LogP contribution in [0.1, 0.15) is 17.7 Å². The third kappa shape index (κ3) is 5.42. The van der Waals surface area contributed by atoms with Gasteiger partial charge in [0.2, 0.25) is 5.91 Å². The summed E-state index contributed by atoms with van der Waals surface area (Å²) in [7, 11) is 0. The molecule has 4 aromatic rings. The minimum atomic E-state index is -0.270. The first kappa shape index (κ1) is 21.7. The van der Waals surface area contributed by atoms with E-state index in [1.165, 1.54) is 35.2 Å². The molecule has 2 aromatic heterocycles. The number of thiazole rings is 1. The molecule has 31 heavy (non-hydrogen) atoms. The van der Waals surface area contributed by atoms with Gasteiger partial charge in [-0.25, -0.2) is 9.37 Å². The molecular weight excluding hydrogens is 453 g/mol. The number of carbonyl (C=O) groups is 1. The molecule has 0 aliphatic rings. The first-order chi connectivity index (χ1) is 15.0. The van der Waals surface area contributed by atoms with Gasteiger partial charge in [0.05, 0.1) is 22.5 Å². The number of hydrogen-bond donors (Lipinski definition) is 0. The molecule has 0 aliphatic carbocycles. The molecule has 0 spiro atoms. The molecule has 0 unspecified atom stereocenters. The van der Waals surface area contributed by atoms with Crippen LogP contribution in [0.5, 0.6) is 0 Å². The molecule has 2 aromatic carbocycles. The number of anilines is 1. The van der Waals surface area contributed by atoms with E-state index in [4.69, 9.17) is 16.6 Å². The molecule has 0 aliphatic heterocycles. The highest BCUT2D eigenvalue weighted by molar-refractivity contribution is 7.99. The number of hydrogen-bond acceptors (Lipinski definition) is 5. The quantitative estimate of drug-likeness (QED) is 0.288. The van der Waals surface area contributed by atoms with Gasteiger partial charge in [-0.3, -0.25) is 14.7 Å². The summed E-state index contributed by atoms with van der Waals surface area (Å²) in [6.07, 6.45) is 2.04. The van der Waals surface area contributed by atoms with Gasteiger partial charge in [-0.15, -0.1) is 11.8 Å². The number of pyridine rings is 1. The number of fused-ring (bicyclic) bond motifs is 1. The van der Waals surface area contributed by atoms with Crippen molar-refractivity contribution in [2.24, 2.45) is 0 Å². The number of carbonyl (C=O) groups excluding carboxylic acids is 1. The Bertz CT molecular complexity index is 1200. The van der Waals surface area contributed by atoms with Crippen molar-refractivity contribution in [2.45, 2.75) is 24.8 Å². The number of halogens is 2. The van der Waals surface area contributed by atoms with E-state index >= 15 is 0 Å². The largest absolute Gasteiger partial charge is 0.282 e. The number of aryl methyl sites for hydroxylation is 1. The maximum absolute atomic E-state index is 13.2. The summed E-state index contributed by atoms with van der Waals surface area (Å²) in [6.45, 7) is 2.30. The number of aromatic nitrogens is 2. The van der Waals surface area contributed by atoms with Crippen LogP contribution in [0.25, 0.3) is 10.2 Å². The van der Waals surface area contributed by atoms with E-state index in [2.05, 4.69) is 4.98 Å². The van der Waals surface area contributed by atoms with Gasteiger partial charge in [-0.05, 0) is 61.0 Å². The Labute approximate surface area is 193 Å².